The molecule has 1 heterocycles. The summed E-state index contributed by atoms with van der Waals surface area (Å²) in [6.45, 7) is 4.40. The lowest BCUT2D eigenvalue weighted by Crippen LogP contribution is -2.40. The van der Waals surface area contributed by atoms with Gasteiger partial charge in [0.2, 0.25) is 10.0 Å². The Morgan fingerprint density at radius 3 is 2.90 bits per heavy atom. The number of benzene rings is 1. The monoisotopic (exact) mass is 308 g/mol. The van der Waals surface area contributed by atoms with Crippen molar-refractivity contribution < 1.29 is 8.42 Å². The van der Waals surface area contributed by atoms with Crippen LogP contribution in [0.2, 0.25) is 0 Å². The molecule has 7 heteroatoms. The standard InChI is InChI=1S/C14H20N4O2S/c1-2-18-7-3-4-12(18)10-17-21(19,20)14-6-5-11(9-15)8-13(14)16/h5-6,8,12,17H,2-4,7,10,16H2,1H3. The summed E-state index contributed by atoms with van der Waals surface area (Å²) >= 11 is 0. The molecule has 6 nitrogen and oxygen atoms in total. The average Bonchev–Trinajstić information content (AvgIpc) is 2.92. The first-order valence-corrected chi connectivity index (χ1v) is 8.49. The van der Waals surface area contributed by atoms with Crippen LogP contribution in [0, 0.1) is 11.3 Å². The number of sulfonamides is 1. The molecule has 1 aliphatic heterocycles. The van der Waals surface area contributed by atoms with Gasteiger partial charge in [-0.05, 0) is 44.1 Å². The smallest absolute Gasteiger partial charge is 0.242 e. The van der Waals surface area contributed by atoms with Gasteiger partial charge in [0, 0.05) is 12.6 Å². The van der Waals surface area contributed by atoms with Crippen molar-refractivity contribution in [1.29, 1.82) is 5.26 Å². The normalized spacial score (nSPS) is 19.5. The van der Waals surface area contributed by atoms with E-state index in [0.717, 1.165) is 25.9 Å². The Balaban J connectivity index is 2.10. The number of rotatable bonds is 5. The van der Waals surface area contributed by atoms with Gasteiger partial charge < -0.3 is 5.73 Å². The number of hydrogen-bond acceptors (Lipinski definition) is 5. The van der Waals surface area contributed by atoms with Crippen LogP contribution in [0.15, 0.2) is 23.1 Å². The third-order valence-corrected chi connectivity index (χ3v) is 5.34. The predicted molar refractivity (Wildman–Crippen MR) is 81.0 cm³/mol. The van der Waals surface area contributed by atoms with Gasteiger partial charge in [0.05, 0.1) is 17.3 Å². The summed E-state index contributed by atoms with van der Waals surface area (Å²) in [4.78, 5) is 2.30. The SMILES string of the molecule is CCN1CCCC1CNS(=O)(=O)c1ccc(C#N)cc1N. The Kier molecular flexibility index (Phi) is 4.83. The van der Waals surface area contributed by atoms with Crippen LogP contribution in [0.4, 0.5) is 5.69 Å². The molecule has 1 aromatic carbocycles. The zero-order valence-corrected chi connectivity index (χ0v) is 12.9. The summed E-state index contributed by atoms with van der Waals surface area (Å²) in [6, 6.07) is 6.39. The minimum atomic E-state index is -3.65. The molecule has 1 aromatic rings. The topological polar surface area (TPSA) is 99.2 Å². The van der Waals surface area contributed by atoms with Crippen molar-refractivity contribution in [1.82, 2.24) is 9.62 Å². The van der Waals surface area contributed by atoms with Crippen molar-refractivity contribution in [3.05, 3.63) is 23.8 Å². The van der Waals surface area contributed by atoms with Crippen molar-refractivity contribution >= 4 is 15.7 Å². The number of likely N-dealkylation sites (N-methyl/N-ethyl adjacent to an activating group) is 1. The number of nitrogens with zero attached hydrogens (tertiary/aromatic N) is 2. The number of likely N-dealkylation sites (tertiary alicyclic amines) is 1. The summed E-state index contributed by atoms with van der Waals surface area (Å²) in [7, 11) is -3.65. The Morgan fingerprint density at radius 2 is 2.29 bits per heavy atom. The summed E-state index contributed by atoms with van der Waals surface area (Å²) in [6.07, 6.45) is 2.10. The second-order valence-electron chi connectivity index (χ2n) is 5.14. The van der Waals surface area contributed by atoms with Crippen molar-refractivity contribution in [2.24, 2.45) is 0 Å². The molecule has 0 amide bonds. The highest BCUT2D eigenvalue weighted by Gasteiger charge is 2.25. The van der Waals surface area contributed by atoms with Crippen molar-refractivity contribution in [2.75, 3.05) is 25.4 Å². The number of nitrogens with one attached hydrogen (secondary N) is 1. The van der Waals surface area contributed by atoms with Gasteiger partial charge in [-0.2, -0.15) is 5.26 Å². The minimum Gasteiger partial charge on any atom is -0.398 e. The first-order valence-electron chi connectivity index (χ1n) is 7.01. The Bertz CT molecular complexity index is 651. The molecule has 114 valence electrons. The molecule has 1 fully saturated rings. The fourth-order valence-corrected chi connectivity index (χ4v) is 3.87. The van der Waals surface area contributed by atoms with Crippen LogP contribution < -0.4 is 10.5 Å². The second-order valence-corrected chi connectivity index (χ2v) is 6.88. The summed E-state index contributed by atoms with van der Waals surface area (Å²) in [5.74, 6) is 0. The molecular weight excluding hydrogens is 288 g/mol. The lowest BCUT2D eigenvalue weighted by atomic mass is 10.2. The van der Waals surface area contributed by atoms with E-state index < -0.39 is 10.0 Å². The van der Waals surface area contributed by atoms with Gasteiger partial charge in [-0.25, -0.2) is 13.1 Å². The lowest BCUT2D eigenvalue weighted by Gasteiger charge is -2.23. The Hall–Kier alpha value is -1.62. The van der Waals surface area contributed by atoms with Crippen molar-refractivity contribution in [3.8, 4) is 6.07 Å². The molecule has 3 N–H and O–H groups in total. The van der Waals surface area contributed by atoms with E-state index in [4.69, 9.17) is 11.0 Å². The number of nitrogen functional groups attached to an aromatic ring is 1. The highest BCUT2D eigenvalue weighted by molar-refractivity contribution is 7.89. The van der Waals surface area contributed by atoms with Gasteiger partial charge in [-0.3, -0.25) is 4.90 Å². The van der Waals surface area contributed by atoms with Gasteiger partial charge in [0.25, 0.3) is 0 Å². The number of nitrogens with two attached hydrogens (primary N) is 1. The first kappa shape index (κ1) is 15.8. The molecule has 0 aromatic heterocycles. The second kappa shape index (κ2) is 6.43. The fourth-order valence-electron chi connectivity index (χ4n) is 2.69. The van der Waals surface area contributed by atoms with Gasteiger partial charge >= 0.3 is 0 Å². The molecule has 0 saturated carbocycles. The Labute approximate surface area is 125 Å². The van der Waals surface area contributed by atoms with Gasteiger partial charge in [0.15, 0.2) is 0 Å². The van der Waals surface area contributed by atoms with Crippen LogP contribution in [0.1, 0.15) is 25.3 Å². The molecule has 1 atom stereocenters. The van der Waals surface area contributed by atoms with Gasteiger partial charge in [-0.1, -0.05) is 6.92 Å². The minimum absolute atomic E-state index is 0.0301. The maximum Gasteiger partial charge on any atom is 0.242 e. The maximum absolute atomic E-state index is 12.3. The largest absolute Gasteiger partial charge is 0.398 e. The highest BCUT2D eigenvalue weighted by Crippen LogP contribution is 2.21. The lowest BCUT2D eigenvalue weighted by molar-refractivity contribution is 0.268. The van der Waals surface area contributed by atoms with Gasteiger partial charge in [-0.15, -0.1) is 0 Å². The molecule has 1 saturated heterocycles. The molecule has 21 heavy (non-hydrogen) atoms. The van der Waals surface area contributed by atoms with Crippen LogP contribution in [0.25, 0.3) is 0 Å². The van der Waals surface area contributed by atoms with Crippen LogP contribution in [-0.2, 0) is 10.0 Å². The van der Waals surface area contributed by atoms with Crippen LogP contribution in [0.5, 0.6) is 0 Å². The molecule has 0 bridgehead atoms. The first-order chi connectivity index (χ1) is 9.97. The molecule has 2 rings (SSSR count). The van der Waals surface area contributed by atoms with E-state index in [9.17, 15) is 8.42 Å². The van der Waals surface area contributed by atoms with E-state index in [2.05, 4.69) is 16.5 Å². The predicted octanol–water partition coefficient (Wildman–Crippen LogP) is 0.903. The number of anilines is 1. The molecule has 0 aliphatic carbocycles. The third kappa shape index (κ3) is 3.53. The highest BCUT2D eigenvalue weighted by atomic mass is 32.2. The molecule has 0 radical (unpaired) electrons. The molecule has 1 aliphatic rings. The quantitative estimate of drug-likeness (QED) is 0.787. The van der Waals surface area contributed by atoms with E-state index in [1.54, 1.807) is 0 Å². The third-order valence-electron chi connectivity index (χ3n) is 3.84. The molecular formula is C14H20N4O2S. The zero-order chi connectivity index (χ0) is 15.5. The number of nitriles is 1. The Morgan fingerprint density at radius 1 is 1.52 bits per heavy atom. The maximum atomic E-state index is 12.3. The van der Waals surface area contributed by atoms with Crippen molar-refractivity contribution in [3.63, 3.8) is 0 Å². The molecule has 0 spiro atoms. The van der Waals surface area contributed by atoms with Crippen LogP contribution in [0.3, 0.4) is 0 Å². The average molecular weight is 308 g/mol. The fraction of sp³-hybridized carbons (Fsp3) is 0.500. The van der Waals surface area contributed by atoms with E-state index in [0.29, 0.717) is 12.1 Å². The van der Waals surface area contributed by atoms with Crippen LogP contribution in [-0.4, -0.2) is 39.0 Å². The van der Waals surface area contributed by atoms with E-state index in [1.807, 2.05) is 6.07 Å². The van der Waals surface area contributed by atoms with E-state index >= 15 is 0 Å². The zero-order valence-electron chi connectivity index (χ0n) is 12.0. The summed E-state index contributed by atoms with van der Waals surface area (Å²) in [5.41, 5.74) is 6.18. The van der Waals surface area contributed by atoms with Crippen molar-refractivity contribution in [2.45, 2.75) is 30.7 Å². The van der Waals surface area contributed by atoms with Gasteiger partial charge in [0.1, 0.15) is 4.90 Å². The number of hydrogen-bond donors (Lipinski definition) is 2. The van der Waals surface area contributed by atoms with Crippen LogP contribution >= 0.6 is 0 Å². The summed E-state index contributed by atoms with van der Waals surface area (Å²) in [5, 5.41) is 8.78. The molecule has 1 unspecified atom stereocenters. The summed E-state index contributed by atoms with van der Waals surface area (Å²) < 4.78 is 27.3. The van der Waals surface area contributed by atoms with E-state index in [1.165, 1.54) is 18.2 Å². The van der Waals surface area contributed by atoms with E-state index in [-0.39, 0.29) is 16.6 Å².